The van der Waals surface area contributed by atoms with Crippen LogP contribution in [-0.4, -0.2) is 33.2 Å². The summed E-state index contributed by atoms with van der Waals surface area (Å²) in [6.07, 6.45) is 1.01. The third-order valence-electron chi connectivity index (χ3n) is 3.91. The van der Waals surface area contributed by atoms with Crippen LogP contribution in [0.15, 0.2) is 51.6 Å². The van der Waals surface area contributed by atoms with Gasteiger partial charge in [0, 0.05) is 6.54 Å². The summed E-state index contributed by atoms with van der Waals surface area (Å²) in [6.45, 7) is 5.80. The summed E-state index contributed by atoms with van der Waals surface area (Å²) in [6, 6.07) is 11.5. The molecular weight excluding hydrogens is 306 g/mol. The van der Waals surface area contributed by atoms with Gasteiger partial charge in [-0.25, -0.2) is 0 Å². The molecule has 1 N–H and O–H groups in total. The molecule has 6 nitrogen and oxygen atoms in total. The van der Waals surface area contributed by atoms with Crippen molar-refractivity contribution in [2.75, 3.05) is 13.1 Å². The number of nitrogens with zero attached hydrogens (tertiary/aromatic N) is 3. The van der Waals surface area contributed by atoms with Crippen LogP contribution in [0.3, 0.4) is 0 Å². The van der Waals surface area contributed by atoms with E-state index in [1.807, 2.05) is 38.1 Å². The molecule has 3 rings (SSSR count). The molecule has 0 bridgehead atoms. The number of aliphatic hydroxyl groups is 1. The van der Waals surface area contributed by atoms with E-state index in [1.54, 1.807) is 18.4 Å². The molecule has 0 amide bonds. The van der Waals surface area contributed by atoms with Gasteiger partial charge in [-0.3, -0.25) is 4.90 Å². The number of hydrogen-bond donors (Lipinski definition) is 1. The summed E-state index contributed by atoms with van der Waals surface area (Å²) in [5, 5.41) is 14.3. The first-order valence-electron chi connectivity index (χ1n) is 7.99. The Morgan fingerprint density at radius 3 is 2.67 bits per heavy atom. The van der Waals surface area contributed by atoms with E-state index >= 15 is 0 Å². The third-order valence-corrected chi connectivity index (χ3v) is 3.91. The Balaban J connectivity index is 1.63. The second kappa shape index (κ2) is 7.42. The summed E-state index contributed by atoms with van der Waals surface area (Å²) in [7, 11) is 0. The lowest BCUT2D eigenvalue weighted by Crippen LogP contribution is -2.28. The number of likely N-dealkylation sites (N-methyl/N-ethyl adjacent to an activating group) is 1. The lowest BCUT2D eigenvalue weighted by atomic mass is 10.1. The fraction of sp³-hybridized carbons (Fsp3) is 0.333. The van der Waals surface area contributed by atoms with Crippen molar-refractivity contribution in [2.24, 2.45) is 0 Å². The molecule has 0 aliphatic rings. The van der Waals surface area contributed by atoms with Crippen molar-refractivity contribution in [1.82, 2.24) is 15.0 Å². The second-order valence-corrected chi connectivity index (χ2v) is 5.74. The van der Waals surface area contributed by atoms with E-state index in [9.17, 15) is 5.11 Å². The van der Waals surface area contributed by atoms with Crippen LogP contribution in [-0.2, 0) is 6.54 Å². The maximum absolute atomic E-state index is 10.4. The second-order valence-electron chi connectivity index (χ2n) is 5.74. The topological polar surface area (TPSA) is 75.5 Å². The quantitative estimate of drug-likeness (QED) is 0.718. The predicted octanol–water partition coefficient (Wildman–Crippen LogP) is 3.19. The number of aromatic nitrogens is 2. The minimum atomic E-state index is -0.557. The molecule has 24 heavy (non-hydrogen) atoms. The van der Waals surface area contributed by atoms with E-state index in [0.29, 0.717) is 30.6 Å². The summed E-state index contributed by atoms with van der Waals surface area (Å²) in [5.74, 6) is 1.51. The highest BCUT2D eigenvalue weighted by Gasteiger charge is 2.17. The van der Waals surface area contributed by atoms with Crippen molar-refractivity contribution in [3.63, 3.8) is 0 Å². The fourth-order valence-corrected chi connectivity index (χ4v) is 2.46. The SMILES string of the molecule is CCN(Cc1nc(-c2ccco2)no1)CC(O)c1ccc(C)cc1. The van der Waals surface area contributed by atoms with Crippen molar-refractivity contribution in [3.8, 4) is 11.6 Å². The molecule has 0 fully saturated rings. The molecule has 6 heteroatoms. The van der Waals surface area contributed by atoms with Gasteiger partial charge in [0.25, 0.3) is 0 Å². The molecule has 2 aromatic heterocycles. The standard InChI is InChI=1S/C18H21N3O3/c1-3-21(11-15(22)14-8-6-13(2)7-9-14)12-17-19-18(20-24-17)16-5-4-10-23-16/h4-10,15,22H,3,11-12H2,1-2H3. The van der Waals surface area contributed by atoms with Gasteiger partial charge in [0.15, 0.2) is 5.76 Å². The Labute approximate surface area is 140 Å². The van der Waals surface area contributed by atoms with Crippen molar-refractivity contribution >= 4 is 0 Å². The largest absolute Gasteiger partial charge is 0.461 e. The van der Waals surface area contributed by atoms with Crippen LogP contribution in [0.25, 0.3) is 11.6 Å². The Hall–Kier alpha value is -2.44. The Kier molecular flexibility index (Phi) is 5.08. The molecule has 0 spiro atoms. The van der Waals surface area contributed by atoms with Gasteiger partial charge in [-0.1, -0.05) is 41.9 Å². The highest BCUT2D eigenvalue weighted by Crippen LogP contribution is 2.18. The third kappa shape index (κ3) is 3.90. The molecule has 1 atom stereocenters. The van der Waals surface area contributed by atoms with Gasteiger partial charge in [0.05, 0.1) is 18.9 Å². The number of hydrogen-bond acceptors (Lipinski definition) is 6. The van der Waals surface area contributed by atoms with Crippen LogP contribution in [0.4, 0.5) is 0 Å². The number of aliphatic hydroxyl groups excluding tert-OH is 1. The number of aryl methyl sites for hydroxylation is 1. The molecule has 1 unspecified atom stereocenters. The van der Waals surface area contributed by atoms with Crippen molar-refractivity contribution in [3.05, 3.63) is 59.7 Å². The van der Waals surface area contributed by atoms with Crippen LogP contribution in [0.2, 0.25) is 0 Å². The van der Waals surface area contributed by atoms with Crippen molar-refractivity contribution in [1.29, 1.82) is 0 Å². The first kappa shape index (κ1) is 16.4. The predicted molar refractivity (Wildman–Crippen MR) is 89.1 cm³/mol. The van der Waals surface area contributed by atoms with Gasteiger partial charge in [-0.2, -0.15) is 4.98 Å². The lowest BCUT2D eigenvalue weighted by Gasteiger charge is -2.22. The van der Waals surface area contributed by atoms with E-state index < -0.39 is 6.10 Å². The maximum atomic E-state index is 10.4. The first-order chi connectivity index (χ1) is 11.7. The van der Waals surface area contributed by atoms with Crippen LogP contribution >= 0.6 is 0 Å². The molecule has 2 heterocycles. The Morgan fingerprint density at radius 1 is 1.21 bits per heavy atom. The number of rotatable bonds is 7. The van der Waals surface area contributed by atoms with E-state index in [-0.39, 0.29) is 0 Å². The van der Waals surface area contributed by atoms with E-state index in [1.165, 1.54) is 5.56 Å². The first-order valence-corrected chi connectivity index (χ1v) is 7.99. The maximum Gasteiger partial charge on any atom is 0.241 e. The molecule has 3 aromatic rings. The van der Waals surface area contributed by atoms with Crippen LogP contribution in [0.5, 0.6) is 0 Å². The molecule has 0 saturated carbocycles. The van der Waals surface area contributed by atoms with E-state index in [2.05, 4.69) is 15.0 Å². The lowest BCUT2D eigenvalue weighted by molar-refractivity contribution is 0.105. The van der Waals surface area contributed by atoms with Crippen LogP contribution in [0, 0.1) is 6.92 Å². The molecular formula is C18H21N3O3. The van der Waals surface area contributed by atoms with Gasteiger partial charge in [0.1, 0.15) is 0 Å². The van der Waals surface area contributed by atoms with Gasteiger partial charge < -0.3 is 14.0 Å². The Bertz CT molecular complexity index is 750. The van der Waals surface area contributed by atoms with E-state index in [0.717, 1.165) is 12.1 Å². The highest BCUT2D eigenvalue weighted by atomic mass is 16.5. The smallest absolute Gasteiger partial charge is 0.241 e. The van der Waals surface area contributed by atoms with Crippen LogP contribution < -0.4 is 0 Å². The van der Waals surface area contributed by atoms with Crippen molar-refractivity contribution < 1.29 is 14.0 Å². The molecule has 126 valence electrons. The zero-order valence-electron chi connectivity index (χ0n) is 13.8. The summed E-state index contributed by atoms with van der Waals surface area (Å²) < 4.78 is 10.5. The molecule has 0 saturated heterocycles. The Morgan fingerprint density at radius 2 is 2.00 bits per heavy atom. The van der Waals surface area contributed by atoms with Crippen LogP contribution in [0.1, 0.15) is 30.0 Å². The summed E-state index contributed by atoms with van der Waals surface area (Å²) >= 11 is 0. The number of benzene rings is 1. The molecule has 0 aliphatic heterocycles. The normalized spacial score (nSPS) is 12.7. The summed E-state index contributed by atoms with van der Waals surface area (Å²) in [4.78, 5) is 6.40. The fourth-order valence-electron chi connectivity index (χ4n) is 2.46. The van der Waals surface area contributed by atoms with Gasteiger partial charge in [-0.05, 0) is 31.2 Å². The van der Waals surface area contributed by atoms with Gasteiger partial charge in [-0.15, -0.1) is 0 Å². The average Bonchev–Trinajstić information content (AvgIpc) is 3.26. The highest BCUT2D eigenvalue weighted by molar-refractivity contribution is 5.44. The van der Waals surface area contributed by atoms with Gasteiger partial charge >= 0.3 is 0 Å². The summed E-state index contributed by atoms with van der Waals surface area (Å²) in [5.41, 5.74) is 2.08. The average molecular weight is 327 g/mol. The minimum absolute atomic E-state index is 0.435. The van der Waals surface area contributed by atoms with Crippen molar-refractivity contribution in [2.45, 2.75) is 26.5 Å². The van der Waals surface area contributed by atoms with E-state index in [4.69, 9.17) is 8.94 Å². The zero-order valence-corrected chi connectivity index (χ0v) is 13.8. The monoisotopic (exact) mass is 327 g/mol. The molecule has 0 radical (unpaired) electrons. The minimum Gasteiger partial charge on any atom is -0.461 e. The number of furan rings is 1. The zero-order chi connectivity index (χ0) is 16.9. The van der Waals surface area contributed by atoms with Gasteiger partial charge in [0.2, 0.25) is 11.7 Å². The molecule has 1 aromatic carbocycles. The molecule has 0 aliphatic carbocycles.